The molecule has 0 aliphatic heterocycles. The number of nitrogens with zero attached hydrogens (tertiary/aromatic N) is 4. The van der Waals surface area contributed by atoms with E-state index < -0.39 is 0 Å². The number of rotatable bonds is 4. The second kappa shape index (κ2) is 5.92. The first-order valence-corrected chi connectivity index (χ1v) is 8.16. The lowest BCUT2D eigenvalue weighted by Gasteiger charge is -2.04. The Kier molecular flexibility index (Phi) is 3.61. The SMILES string of the molecule is CC(C)Cc1ccc2[nH]nc(-c3cn(-c4ccccc4)nn3)c2c1. The average Bonchev–Trinajstić information content (AvgIpc) is 3.21. The molecular weight excluding hydrogens is 298 g/mol. The molecule has 2 aromatic carbocycles. The quantitative estimate of drug-likeness (QED) is 0.618. The highest BCUT2D eigenvalue weighted by molar-refractivity contribution is 5.92. The van der Waals surface area contributed by atoms with Crippen LogP contribution in [-0.4, -0.2) is 25.2 Å². The fourth-order valence-electron chi connectivity index (χ4n) is 2.93. The molecule has 120 valence electrons. The number of aromatic nitrogens is 5. The smallest absolute Gasteiger partial charge is 0.134 e. The lowest BCUT2D eigenvalue weighted by atomic mass is 10.0. The normalized spacial score (nSPS) is 11.5. The van der Waals surface area contributed by atoms with Crippen LogP contribution in [0.25, 0.3) is 28.0 Å². The van der Waals surface area contributed by atoms with E-state index in [2.05, 4.69) is 52.6 Å². The van der Waals surface area contributed by atoms with Crippen LogP contribution in [0.4, 0.5) is 0 Å². The zero-order valence-electron chi connectivity index (χ0n) is 13.8. The summed E-state index contributed by atoms with van der Waals surface area (Å²) in [6.45, 7) is 4.46. The minimum Gasteiger partial charge on any atom is -0.277 e. The molecule has 0 spiro atoms. The minimum atomic E-state index is 0.622. The zero-order valence-corrected chi connectivity index (χ0v) is 13.8. The van der Waals surface area contributed by atoms with Gasteiger partial charge in [-0.1, -0.05) is 43.3 Å². The van der Waals surface area contributed by atoms with E-state index in [-0.39, 0.29) is 0 Å². The number of fused-ring (bicyclic) bond motifs is 1. The van der Waals surface area contributed by atoms with Gasteiger partial charge >= 0.3 is 0 Å². The number of H-pyrrole nitrogens is 1. The van der Waals surface area contributed by atoms with Gasteiger partial charge in [0.25, 0.3) is 0 Å². The van der Waals surface area contributed by atoms with E-state index >= 15 is 0 Å². The summed E-state index contributed by atoms with van der Waals surface area (Å²) in [6, 6.07) is 16.4. The van der Waals surface area contributed by atoms with Gasteiger partial charge in [-0.15, -0.1) is 5.10 Å². The number of hydrogen-bond acceptors (Lipinski definition) is 3. The standard InChI is InChI=1S/C19H19N5/c1-13(2)10-14-8-9-17-16(11-14)19(22-20-17)18-12-24(23-21-18)15-6-4-3-5-7-15/h3-9,11-13H,10H2,1-2H3,(H,20,22). The van der Waals surface area contributed by atoms with Crippen LogP contribution >= 0.6 is 0 Å². The lowest BCUT2D eigenvalue weighted by molar-refractivity contribution is 0.648. The van der Waals surface area contributed by atoms with Gasteiger partial charge in [-0.05, 0) is 42.2 Å². The molecule has 1 N–H and O–H groups in total. The van der Waals surface area contributed by atoms with E-state index in [0.29, 0.717) is 5.92 Å². The summed E-state index contributed by atoms with van der Waals surface area (Å²) in [4.78, 5) is 0. The zero-order chi connectivity index (χ0) is 16.5. The molecule has 0 bridgehead atoms. The molecule has 0 saturated carbocycles. The number of aromatic amines is 1. The molecule has 2 heterocycles. The number of para-hydroxylation sites is 1. The molecule has 5 heteroatoms. The second-order valence-electron chi connectivity index (χ2n) is 6.43. The first-order valence-electron chi connectivity index (χ1n) is 8.16. The summed E-state index contributed by atoms with van der Waals surface area (Å²) in [5.41, 5.74) is 4.93. The van der Waals surface area contributed by atoms with E-state index in [0.717, 1.165) is 34.4 Å². The van der Waals surface area contributed by atoms with Gasteiger partial charge in [0.05, 0.1) is 17.4 Å². The number of nitrogens with one attached hydrogen (secondary N) is 1. The average molecular weight is 317 g/mol. The highest BCUT2D eigenvalue weighted by Gasteiger charge is 2.13. The fraction of sp³-hybridized carbons (Fsp3) is 0.211. The van der Waals surface area contributed by atoms with Gasteiger partial charge < -0.3 is 0 Å². The topological polar surface area (TPSA) is 59.4 Å². The van der Waals surface area contributed by atoms with Gasteiger partial charge in [0.15, 0.2) is 0 Å². The monoisotopic (exact) mass is 317 g/mol. The van der Waals surface area contributed by atoms with Gasteiger partial charge in [0, 0.05) is 5.39 Å². The Hall–Kier alpha value is -2.95. The molecule has 0 amide bonds. The summed E-state index contributed by atoms with van der Waals surface area (Å²) in [5, 5.41) is 17.2. The molecule has 4 rings (SSSR count). The van der Waals surface area contributed by atoms with Crippen LogP contribution in [0, 0.1) is 5.92 Å². The van der Waals surface area contributed by atoms with Crippen molar-refractivity contribution in [2.24, 2.45) is 5.92 Å². The van der Waals surface area contributed by atoms with Crippen molar-refractivity contribution in [3.8, 4) is 17.1 Å². The number of benzene rings is 2. The molecule has 0 saturated heterocycles. The van der Waals surface area contributed by atoms with Gasteiger partial charge in [-0.2, -0.15) is 5.10 Å². The molecule has 0 atom stereocenters. The van der Waals surface area contributed by atoms with E-state index in [1.807, 2.05) is 36.5 Å². The number of hydrogen-bond donors (Lipinski definition) is 1. The Morgan fingerprint density at radius 3 is 2.71 bits per heavy atom. The summed E-state index contributed by atoms with van der Waals surface area (Å²) in [7, 11) is 0. The van der Waals surface area contributed by atoms with Gasteiger partial charge in [0.1, 0.15) is 11.4 Å². The van der Waals surface area contributed by atoms with Crippen molar-refractivity contribution in [1.82, 2.24) is 25.2 Å². The molecular formula is C19H19N5. The molecule has 0 radical (unpaired) electrons. The highest BCUT2D eigenvalue weighted by atomic mass is 15.4. The van der Waals surface area contributed by atoms with E-state index in [9.17, 15) is 0 Å². The molecule has 0 fully saturated rings. The third kappa shape index (κ3) is 2.69. The van der Waals surface area contributed by atoms with Crippen molar-refractivity contribution in [3.05, 3.63) is 60.3 Å². The van der Waals surface area contributed by atoms with Gasteiger partial charge in [-0.3, -0.25) is 5.10 Å². The van der Waals surface area contributed by atoms with Crippen LogP contribution in [0.2, 0.25) is 0 Å². The third-order valence-corrected chi connectivity index (χ3v) is 4.03. The van der Waals surface area contributed by atoms with Crippen molar-refractivity contribution in [3.63, 3.8) is 0 Å². The first kappa shape index (κ1) is 14.6. The van der Waals surface area contributed by atoms with Crippen LogP contribution in [0.15, 0.2) is 54.7 Å². The Bertz CT molecular complexity index is 966. The molecule has 0 unspecified atom stereocenters. The Morgan fingerprint density at radius 2 is 1.92 bits per heavy atom. The van der Waals surface area contributed by atoms with Gasteiger partial charge in [-0.25, -0.2) is 4.68 Å². The summed E-state index contributed by atoms with van der Waals surface area (Å²) in [5.74, 6) is 0.622. The van der Waals surface area contributed by atoms with Crippen LogP contribution in [0.5, 0.6) is 0 Å². The molecule has 0 aliphatic carbocycles. The maximum Gasteiger partial charge on any atom is 0.134 e. The van der Waals surface area contributed by atoms with Crippen LogP contribution < -0.4 is 0 Å². The molecule has 4 aromatic rings. The van der Waals surface area contributed by atoms with Crippen molar-refractivity contribution in [1.29, 1.82) is 0 Å². The van der Waals surface area contributed by atoms with Crippen molar-refractivity contribution >= 4 is 10.9 Å². The van der Waals surface area contributed by atoms with E-state index in [1.165, 1.54) is 5.56 Å². The first-order chi connectivity index (χ1) is 11.7. The molecule has 2 aromatic heterocycles. The van der Waals surface area contributed by atoms with Crippen LogP contribution in [-0.2, 0) is 6.42 Å². The maximum absolute atomic E-state index is 4.45. The summed E-state index contributed by atoms with van der Waals surface area (Å²) < 4.78 is 1.77. The molecule has 24 heavy (non-hydrogen) atoms. The van der Waals surface area contributed by atoms with Crippen LogP contribution in [0.3, 0.4) is 0 Å². The minimum absolute atomic E-state index is 0.622. The highest BCUT2D eigenvalue weighted by Crippen LogP contribution is 2.26. The third-order valence-electron chi connectivity index (χ3n) is 4.03. The van der Waals surface area contributed by atoms with E-state index in [1.54, 1.807) is 4.68 Å². The van der Waals surface area contributed by atoms with Gasteiger partial charge in [0.2, 0.25) is 0 Å². The Morgan fingerprint density at radius 1 is 1.08 bits per heavy atom. The van der Waals surface area contributed by atoms with Crippen molar-refractivity contribution < 1.29 is 0 Å². The second-order valence-corrected chi connectivity index (χ2v) is 6.43. The van der Waals surface area contributed by atoms with E-state index in [4.69, 9.17) is 0 Å². The predicted octanol–water partition coefficient (Wildman–Crippen LogP) is 4.01. The Labute approximate surface area is 140 Å². The van der Waals surface area contributed by atoms with Crippen molar-refractivity contribution in [2.75, 3.05) is 0 Å². The largest absolute Gasteiger partial charge is 0.277 e. The fourth-order valence-corrected chi connectivity index (χ4v) is 2.93. The van der Waals surface area contributed by atoms with Crippen LogP contribution in [0.1, 0.15) is 19.4 Å². The molecule has 5 nitrogen and oxygen atoms in total. The maximum atomic E-state index is 4.45. The molecule has 0 aliphatic rings. The summed E-state index contributed by atoms with van der Waals surface area (Å²) in [6.07, 6.45) is 2.97. The predicted molar refractivity (Wildman–Crippen MR) is 95.0 cm³/mol. The lowest BCUT2D eigenvalue weighted by Crippen LogP contribution is -1.93. The summed E-state index contributed by atoms with van der Waals surface area (Å²) >= 11 is 0. The van der Waals surface area contributed by atoms with Crippen molar-refractivity contribution in [2.45, 2.75) is 20.3 Å². The Balaban J connectivity index is 1.75.